The molecule has 12 rings (SSSR count). The van der Waals surface area contributed by atoms with E-state index < -0.39 is 198 Å². The van der Waals surface area contributed by atoms with Crippen LogP contribution >= 0.6 is 34.8 Å². The molecular weight excluding hydrogens is 1940 g/mol. The van der Waals surface area contributed by atoms with Crippen LogP contribution in [0, 0.1) is 17.5 Å². The molecule has 0 spiro atoms. The fraction of sp³-hybridized carbons (Fsp3) is 0.329. The molecule has 3 aliphatic rings. The van der Waals surface area contributed by atoms with Crippen molar-refractivity contribution in [3.05, 3.63) is 205 Å². The van der Waals surface area contributed by atoms with Crippen molar-refractivity contribution in [1.29, 1.82) is 0 Å². The molecule has 3 aliphatic heterocycles. The van der Waals surface area contributed by atoms with Crippen molar-refractivity contribution in [1.82, 2.24) is 44.4 Å². The van der Waals surface area contributed by atoms with Gasteiger partial charge in [-0.25, -0.2) is 39.6 Å². The minimum atomic E-state index is -6.85. The molecule has 53 heteroatoms. The number of sulfone groups is 1. The Hall–Kier alpha value is -11.9. The number of Topliss-reactive ketones (excluding diaryl/α,β-unsaturated/α-hetero) is 3. The van der Waals surface area contributed by atoms with Crippen LogP contribution in [-0.4, -0.2) is 202 Å². The summed E-state index contributed by atoms with van der Waals surface area (Å²) in [5.41, 5.74) is -17.0. The van der Waals surface area contributed by atoms with Gasteiger partial charge in [-0.3, -0.25) is 47.9 Å². The number of halogens is 21. The molecule has 0 bridgehead atoms. The number of hydrogen-bond acceptors (Lipinski definition) is 18. The number of aromatic nitrogens is 3. The van der Waals surface area contributed by atoms with Crippen LogP contribution in [0.1, 0.15) is 104 Å². The van der Waals surface area contributed by atoms with E-state index in [1.54, 1.807) is 5.32 Å². The molecule has 0 aliphatic carbocycles. The van der Waals surface area contributed by atoms with E-state index in [1.165, 1.54) is 150 Å². The number of amides is 7. The maximum absolute atomic E-state index is 14.4. The minimum absolute atomic E-state index is 0.0279. The second-order valence-electron chi connectivity index (χ2n) is 29.3. The fourth-order valence-corrected chi connectivity index (χ4v) is 16.7. The van der Waals surface area contributed by atoms with Crippen LogP contribution in [0.3, 0.4) is 0 Å². The zero-order chi connectivity index (χ0) is 98.5. The van der Waals surface area contributed by atoms with Crippen molar-refractivity contribution >= 4 is 168 Å². The highest BCUT2D eigenvalue weighted by Crippen LogP contribution is 2.37. The summed E-state index contributed by atoms with van der Waals surface area (Å²) in [5, 5.41) is 19.2. The summed E-state index contributed by atoms with van der Waals surface area (Å²) >= 11 is 17.3. The van der Waals surface area contributed by atoms with Crippen molar-refractivity contribution in [3.8, 4) is 0 Å². The van der Waals surface area contributed by atoms with Crippen LogP contribution < -0.4 is 21.3 Å². The molecule has 0 radical (unpaired) electrons. The molecule has 0 saturated carbocycles. The first kappa shape index (κ1) is 104. The molecule has 9 aromatic rings. The summed E-state index contributed by atoms with van der Waals surface area (Å²) in [7, 11) is -19.2. The Kier molecular flexibility index (Phi) is 32.3. The highest BCUT2D eigenvalue weighted by atomic mass is 35.5. The largest absolute Gasteiger partial charge is 0.524 e. The number of alkyl halides is 15. The fourth-order valence-electron chi connectivity index (χ4n) is 13.7. The Morgan fingerprint density at radius 3 is 1.07 bits per heavy atom. The zero-order valence-corrected chi connectivity index (χ0v) is 72.1. The zero-order valence-electron chi connectivity index (χ0n) is 67.4. The van der Waals surface area contributed by atoms with Crippen LogP contribution in [0.4, 0.5) is 84.7 Å². The molecule has 6 atom stereocenters. The number of anilines is 1. The molecule has 712 valence electrons. The first-order valence-electron chi connectivity index (χ1n) is 37.7. The quantitative estimate of drug-likeness (QED) is 0.0213. The van der Waals surface area contributed by atoms with Crippen molar-refractivity contribution < 1.29 is 166 Å². The molecule has 5 N–H and O–H groups in total. The molecule has 6 aromatic carbocycles. The number of carboxylic acid groups (broad SMARTS) is 1. The van der Waals surface area contributed by atoms with Crippen molar-refractivity contribution in [2.24, 2.45) is 0 Å². The lowest BCUT2D eigenvalue weighted by atomic mass is 10.1. The normalized spacial score (nSPS) is 17.2. The number of fused-ring (bicyclic) bond motifs is 3. The number of nitrogens with one attached hydrogen (secondary N) is 4. The van der Waals surface area contributed by atoms with Crippen LogP contribution in [0.25, 0.3) is 32.7 Å². The van der Waals surface area contributed by atoms with Crippen LogP contribution in [0.2, 0.25) is 15.1 Å². The highest BCUT2D eigenvalue weighted by molar-refractivity contribution is 8.00. The second-order valence-corrected chi connectivity index (χ2v) is 35.8. The number of benzene rings is 6. The predicted molar refractivity (Wildman–Crippen MR) is 432 cm³/mol. The number of hydrogen-bond donors (Lipinski definition) is 5. The number of aromatic carboxylic acids is 1. The number of nitrogens with zero attached hydrogens (tertiary/aromatic N) is 6. The van der Waals surface area contributed by atoms with Gasteiger partial charge < -0.3 is 54.8 Å². The number of likely N-dealkylation sites (tertiary alicyclic amines) is 3. The Labute approximate surface area is 748 Å². The minimum Gasteiger partial charge on any atom is -0.478 e. The predicted octanol–water partition coefficient (Wildman–Crippen LogP) is 13.0. The lowest BCUT2D eigenvalue weighted by molar-refractivity contribution is -0.167. The van der Waals surface area contributed by atoms with Crippen molar-refractivity contribution in [2.75, 3.05) is 25.0 Å². The number of carbonyl (C=O) groups excluding carboxylic acids is 10. The number of carboxylic acids is 1. The van der Waals surface area contributed by atoms with Gasteiger partial charge in [-0.15, -0.1) is 3.63 Å². The van der Waals surface area contributed by atoms with Crippen molar-refractivity contribution in [3.63, 3.8) is 0 Å². The van der Waals surface area contributed by atoms with Gasteiger partial charge in [-0.05, 0) is 74.9 Å². The van der Waals surface area contributed by atoms with Crippen molar-refractivity contribution in [2.45, 2.75) is 144 Å². The highest BCUT2D eigenvalue weighted by Gasteiger charge is 2.58. The smallest absolute Gasteiger partial charge is 0.478 e. The first-order chi connectivity index (χ1) is 61.1. The standard InChI is InChI=1S/C26H22ClF5N4O4.C26H23ClF5N3O5S.C25H22ClF2N3O5.C2F6O5S2/c1-13(37)18-11-35(20-8-16(5-6-17(18)20)34-25(40)26(30,31)32)12-22(38)36-10-15(28)7-21(36)24(39)33-9-14-3-2-4-19(27)23(14)29;1-14(36)19-11-34(21-7-15(5-6-18(19)21)13-41(39,40)26(30,31)32)12-23(37)35-10-17(28)8-22(35)25(38)33-9-16-3-2-4-20(27)24(16)29;1-13(32)18-11-30(20-7-14(25(35)36)5-6-17(18)20)12-22(33)31-10-16(27)8-21(31)24(34)29-9-15-3-2-4-19(26)23(15)28;3-1(4,5)14(9,10)13-15(11,12)2(6,7)8/h2-6,8,11,15,21H,7,9-10,12H2,1H3,(H,33,39)(H,34,40);2-7,11,17,22H,8-10,12-13H2,1H3,(H,33,38);2-7,11,16,21H,8-10,12H2,1H3,(H,29,34)(H,35,36);/t15-,21+;17-,22+;16-,21+;/m111./s1. The van der Waals surface area contributed by atoms with Crippen LogP contribution in [0.5, 0.6) is 0 Å². The maximum atomic E-state index is 14.4. The van der Waals surface area contributed by atoms with Gasteiger partial charge in [0.2, 0.25) is 35.4 Å². The van der Waals surface area contributed by atoms with E-state index in [9.17, 15) is 162 Å². The van der Waals surface area contributed by atoms with Gasteiger partial charge in [-0.1, -0.05) is 95.5 Å². The van der Waals surface area contributed by atoms with E-state index in [4.69, 9.17) is 34.8 Å². The first-order valence-corrected chi connectivity index (χ1v) is 43.3. The Morgan fingerprint density at radius 2 is 0.758 bits per heavy atom. The lowest BCUT2D eigenvalue weighted by Gasteiger charge is -2.24. The topological polar surface area (TPSA) is 392 Å². The Morgan fingerprint density at radius 1 is 0.439 bits per heavy atom. The summed E-state index contributed by atoms with van der Waals surface area (Å²) in [6, 6.07) is 20.7. The van der Waals surface area contributed by atoms with Gasteiger partial charge in [0, 0.05) is 118 Å². The molecule has 132 heavy (non-hydrogen) atoms. The van der Waals surface area contributed by atoms with Gasteiger partial charge in [0.1, 0.15) is 73.7 Å². The average Bonchev–Trinajstić information content (AvgIpc) is 1.51. The molecular formula is C79H67Cl3F18N10O19S3. The van der Waals surface area contributed by atoms with Gasteiger partial charge in [0.25, 0.3) is 9.84 Å². The average molecular weight is 2000 g/mol. The van der Waals surface area contributed by atoms with E-state index in [1.807, 2.05) is 3.63 Å². The maximum Gasteiger partial charge on any atom is 0.524 e. The molecule has 6 heterocycles. The third kappa shape index (κ3) is 24.7. The van der Waals surface area contributed by atoms with Gasteiger partial charge in [-0.2, -0.15) is 69.5 Å². The van der Waals surface area contributed by atoms with E-state index in [-0.39, 0.29) is 134 Å². The molecule has 3 aromatic heterocycles. The number of carbonyl (C=O) groups is 11. The monoisotopic (exact) mass is 2000 g/mol. The lowest BCUT2D eigenvalue weighted by Crippen LogP contribution is -2.46. The summed E-state index contributed by atoms with van der Waals surface area (Å²) in [6.45, 7) is 0.659. The van der Waals surface area contributed by atoms with E-state index >= 15 is 0 Å². The third-order valence-corrected chi connectivity index (χ3v) is 24.9. The van der Waals surface area contributed by atoms with Gasteiger partial charge in [0.05, 0.1) is 57.1 Å². The van der Waals surface area contributed by atoms with Crippen LogP contribution in [-0.2, 0) is 112 Å². The summed E-state index contributed by atoms with van der Waals surface area (Å²) in [5.74, 6) is -12.1. The molecule has 3 saturated heterocycles. The van der Waals surface area contributed by atoms with E-state index in [2.05, 4.69) is 16.0 Å². The summed E-state index contributed by atoms with van der Waals surface area (Å²) in [4.78, 5) is 141. The number of rotatable bonds is 24. The van der Waals surface area contributed by atoms with E-state index in [0.29, 0.717) is 21.9 Å². The van der Waals surface area contributed by atoms with Gasteiger partial charge >= 0.3 is 54.8 Å². The van der Waals surface area contributed by atoms with Crippen LogP contribution in [0.15, 0.2) is 128 Å². The Bertz CT molecular complexity index is 6390. The molecule has 0 unspecified atom stereocenters. The summed E-state index contributed by atoms with van der Waals surface area (Å²) in [6.07, 6.45) is -6.40. The molecule has 3 fully saturated rings. The Balaban J connectivity index is 0.000000207. The summed E-state index contributed by atoms with van der Waals surface area (Å²) < 4.78 is 300. The SMILES string of the molecule is CC(=O)c1cn(CC(=O)N2C[C@H](F)C[C@H]2C(=O)NCc2cccc(Cl)c2F)c2cc(C(=O)O)ccc12.CC(=O)c1cn(CC(=O)N2C[C@H](F)C[C@H]2C(=O)NCc2cccc(Cl)c2F)c2cc(CS(=O)(=O)C(F)(F)F)ccc12.CC(=O)c1cn(CC(=O)N2C[C@H](F)C[C@H]2C(=O)NCc2cccc(Cl)c2F)c2cc(NC(=O)C(F)(F)F)ccc12.O=S(=O)(OS(=O)(=O)C(F)(F)F)C(F)(F)F. The third-order valence-electron chi connectivity index (χ3n) is 20.1. The second kappa shape index (κ2) is 41.1. The molecule has 7 amide bonds. The van der Waals surface area contributed by atoms with E-state index in [0.717, 1.165) is 26.8 Å². The number of ketones is 3. The van der Waals surface area contributed by atoms with Gasteiger partial charge in [0.15, 0.2) is 17.3 Å². The molecule has 29 nitrogen and oxygen atoms in total.